The first-order valence-corrected chi connectivity index (χ1v) is 6.15. The predicted molar refractivity (Wildman–Crippen MR) is 69.8 cm³/mol. The molecule has 1 heterocycles. The summed E-state index contributed by atoms with van der Waals surface area (Å²) in [6.45, 7) is 11.0. The zero-order valence-corrected chi connectivity index (χ0v) is 11.4. The van der Waals surface area contributed by atoms with E-state index in [0.29, 0.717) is 18.2 Å². The maximum Gasteiger partial charge on any atom is 0.159 e. The quantitative estimate of drug-likeness (QED) is 0.874. The first kappa shape index (κ1) is 13.9. The van der Waals surface area contributed by atoms with Gasteiger partial charge in [0.15, 0.2) is 5.82 Å². The van der Waals surface area contributed by atoms with Crippen molar-refractivity contribution in [3.63, 3.8) is 0 Å². The van der Waals surface area contributed by atoms with Gasteiger partial charge in [0.2, 0.25) is 0 Å². The Balaban J connectivity index is 3.12. The van der Waals surface area contributed by atoms with Gasteiger partial charge in [-0.25, -0.2) is 9.97 Å². The molecular weight excluding hydrogens is 214 g/mol. The van der Waals surface area contributed by atoms with Gasteiger partial charge in [-0.05, 0) is 13.3 Å². The second-order valence-corrected chi connectivity index (χ2v) is 5.14. The lowest BCUT2D eigenvalue weighted by molar-refractivity contribution is 0.0533. The Morgan fingerprint density at radius 1 is 1.29 bits per heavy atom. The highest BCUT2D eigenvalue weighted by Crippen LogP contribution is 2.25. The van der Waals surface area contributed by atoms with E-state index in [-0.39, 0.29) is 11.5 Å². The van der Waals surface area contributed by atoms with Crippen LogP contribution in [-0.4, -0.2) is 16.6 Å². The maximum atomic E-state index is 5.84. The molecule has 0 aliphatic carbocycles. The van der Waals surface area contributed by atoms with Crippen LogP contribution < -0.4 is 5.73 Å². The first-order chi connectivity index (χ1) is 7.88. The lowest BCUT2D eigenvalue weighted by Gasteiger charge is -2.21. The Labute approximate surface area is 104 Å². The molecular formula is C13H23N3O. The third-order valence-corrected chi connectivity index (χ3v) is 2.56. The second kappa shape index (κ2) is 5.45. The van der Waals surface area contributed by atoms with Gasteiger partial charge in [0.05, 0.1) is 5.69 Å². The van der Waals surface area contributed by atoms with Crippen molar-refractivity contribution in [2.75, 3.05) is 12.3 Å². The standard InChI is InChI=1S/C13H23N3O/c1-6-9(17-7-2)12-15-10(13(3,4)5)8-11(14)16-12/h8-9H,6-7H2,1-5H3,(H2,14,15,16). The lowest BCUT2D eigenvalue weighted by atomic mass is 9.92. The minimum absolute atomic E-state index is 0.0314. The van der Waals surface area contributed by atoms with Gasteiger partial charge >= 0.3 is 0 Å². The van der Waals surface area contributed by atoms with Crippen LogP contribution in [0.25, 0.3) is 0 Å². The van der Waals surface area contributed by atoms with E-state index >= 15 is 0 Å². The number of hydrogen-bond acceptors (Lipinski definition) is 4. The molecule has 0 saturated carbocycles. The van der Waals surface area contributed by atoms with E-state index in [2.05, 4.69) is 37.7 Å². The van der Waals surface area contributed by atoms with Crippen molar-refractivity contribution in [3.8, 4) is 0 Å². The summed E-state index contributed by atoms with van der Waals surface area (Å²) in [6.07, 6.45) is 0.783. The maximum absolute atomic E-state index is 5.84. The fourth-order valence-corrected chi connectivity index (χ4v) is 1.59. The van der Waals surface area contributed by atoms with E-state index in [1.807, 2.05) is 13.0 Å². The van der Waals surface area contributed by atoms with Gasteiger partial charge < -0.3 is 10.5 Å². The summed E-state index contributed by atoms with van der Waals surface area (Å²) in [7, 11) is 0. The largest absolute Gasteiger partial charge is 0.384 e. The Morgan fingerprint density at radius 3 is 2.41 bits per heavy atom. The summed E-state index contributed by atoms with van der Waals surface area (Å²) in [6, 6.07) is 1.84. The molecule has 0 aliphatic heterocycles. The molecule has 96 valence electrons. The van der Waals surface area contributed by atoms with Crippen LogP contribution in [0.1, 0.15) is 58.7 Å². The molecule has 0 radical (unpaired) electrons. The monoisotopic (exact) mass is 237 g/mol. The zero-order chi connectivity index (χ0) is 13.1. The van der Waals surface area contributed by atoms with Crippen LogP contribution in [0.5, 0.6) is 0 Å². The van der Waals surface area contributed by atoms with Gasteiger partial charge in [-0.2, -0.15) is 0 Å². The minimum Gasteiger partial charge on any atom is -0.384 e. The van der Waals surface area contributed by atoms with Gasteiger partial charge in [-0.15, -0.1) is 0 Å². The molecule has 1 atom stereocenters. The van der Waals surface area contributed by atoms with Crippen LogP contribution in [0, 0.1) is 0 Å². The molecule has 0 saturated heterocycles. The lowest BCUT2D eigenvalue weighted by Crippen LogP contribution is -2.18. The van der Waals surface area contributed by atoms with Crippen molar-refractivity contribution < 1.29 is 4.74 Å². The number of hydrogen-bond donors (Lipinski definition) is 1. The summed E-state index contributed by atoms with van der Waals surface area (Å²) < 4.78 is 5.62. The summed E-state index contributed by atoms with van der Waals surface area (Å²) in [5.41, 5.74) is 6.76. The number of aromatic nitrogens is 2. The van der Waals surface area contributed by atoms with Crippen molar-refractivity contribution in [2.24, 2.45) is 0 Å². The van der Waals surface area contributed by atoms with Crippen molar-refractivity contribution in [1.82, 2.24) is 9.97 Å². The third kappa shape index (κ3) is 3.66. The molecule has 1 rings (SSSR count). The zero-order valence-electron chi connectivity index (χ0n) is 11.4. The van der Waals surface area contributed by atoms with Gasteiger partial charge in [0.25, 0.3) is 0 Å². The number of ether oxygens (including phenoxy) is 1. The minimum atomic E-state index is -0.0652. The average molecular weight is 237 g/mol. The summed E-state index contributed by atoms with van der Waals surface area (Å²) in [5.74, 6) is 1.21. The van der Waals surface area contributed by atoms with E-state index in [1.165, 1.54) is 0 Å². The molecule has 2 N–H and O–H groups in total. The molecule has 0 fully saturated rings. The topological polar surface area (TPSA) is 61.0 Å². The summed E-state index contributed by atoms with van der Waals surface area (Å²) in [4.78, 5) is 8.86. The van der Waals surface area contributed by atoms with Crippen molar-refractivity contribution in [2.45, 2.75) is 52.6 Å². The predicted octanol–water partition coefficient (Wildman–Crippen LogP) is 2.84. The summed E-state index contributed by atoms with van der Waals surface area (Å²) >= 11 is 0. The Kier molecular flexibility index (Phi) is 4.46. The van der Waals surface area contributed by atoms with E-state index < -0.39 is 0 Å². The number of nitrogen functional groups attached to an aromatic ring is 1. The molecule has 0 aliphatic rings. The smallest absolute Gasteiger partial charge is 0.159 e. The number of nitrogens with zero attached hydrogens (tertiary/aromatic N) is 2. The molecule has 4 nitrogen and oxygen atoms in total. The Hall–Kier alpha value is -1.16. The molecule has 4 heteroatoms. The third-order valence-electron chi connectivity index (χ3n) is 2.56. The highest BCUT2D eigenvalue weighted by atomic mass is 16.5. The van der Waals surface area contributed by atoms with E-state index in [4.69, 9.17) is 10.5 Å². The van der Waals surface area contributed by atoms with Gasteiger partial charge in [-0.1, -0.05) is 27.7 Å². The fourth-order valence-electron chi connectivity index (χ4n) is 1.59. The normalized spacial score (nSPS) is 13.7. The highest BCUT2D eigenvalue weighted by Gasteiger charge is 2.20. The van der Waals surface area contributed by atoms with Crippen molar-refractivity contribution in [1.29, 1.82) is 0 Å². The molecule has 1 aromatic rings. The number of nitrogens with two attached hydrogens (primary N) is 1. The Bertz CT molecular complexity index is 371. The molecule has 0 bridgehead atoms. The highest BCUT2D eigenvalue weighted by molar-refractivity contribution is 5.33. The van der Waals surface area contributed by atoms with E-state index in [9.17, 15) is 0 Å². The molecule has 1 aromatic heterocycles. The van der Waals surface area contributed by atoms with Crippen LogP contribution >= 0.6 is 0 Å². The average Bonchev–Trinajstić information content (AvgIpc) is 2.23. The number of anilines is 1. The van der Waals surface area contributed by atoms with E-state index in [1.54, 1.807) is 0 Å². The van der Waals surface area contributed by atoms with E-state index in [0.717, 1.165) is 12.1 Å². The van der Waals surface area contributed by atoms with Crippen molar-refractivity contribution >= 4 is 5.82 Å². The van der Waals surface area contributed by atoms with Crippen LogP contribution in [0.2, 0.25) is 0 Å². The first-order valence-electron chi connectivity index (χ1n) is 6.15. The van der Waals surface area contributed by atoms with Crippen LogP contribution in [0.4, 0.5) is 5.82 Å². The van der Waals surface area contributed by atoms with Gasteiger partial charge in [-0.3, -0.25) is 0 Å². The van der Waals surface area contributed by atoms with Crippen LogP contribution in [0.15, 0.2) is 6.07 Å². The SMILES string of the molecule is CCOC(CC)c1nc(N)cc(C(C)(C)C)n1. The number of rotatable bonds is 4. The molecule has 1 unspecified atom stereocenters. The Morgan fingerprint density at radius 2 is 1.94 bits per heavy atom. The summed E-state index contributed by atoms with van der Waals surface area (Å²) in [5, 5.41) is 0. The molecule has 17 heavy (non-hydrogen) atoms. The van der Waals surface area contributed by atoms with Gasteiger partial charge in [0.1, 0.15) is 11.9 Å². The van der Waals surface area contributed by atoms with Gasteiger partial charge in [0, 0.05) is 18.1 Å². The van der Waals surface area contributed by atoms with Crippen molar-refractivity contribution in [3.05, 3.63) is 17.6 Å². The second-order valence-electron chi connectivity index (χ2n) is 5.14. The molecule has 0 aromatic carbocycles. The van der Waals surface area contributed by atoms with Crippen LogP contribution in [0.3, 0.4) is 0 Å². The van der Waals surface area contributed by atoms with Crippen LogP contribution in [-0.2, 0) is 10.2 Å². The fraction of sp³-hybridized carbons (Fsp3) is 0.692. The molecule has 0 spiro atoms. The molecule has 0 amide bonds.